The third-order valence-corrected chi connectivity index (χ3v) is 9.46. The number of benzene rings is 1. The number of hydrogen-bond acceptors (Lipinski definition) is 4. The maximum atomic E-state index is 13.7. The highest BCUT2D eigenvalue weighted by Crippen LogP contribution is 2.44. The molecule has 42 heavy (non-hydrogen) atoms. The summed E-state index contributed by atoms with van der Waals surface area (Å²) in [6.07, 6.45) is 2.27. The van der Waals surface area contributed by atoms with E-state index in [1.807, 2.05) is 9.58 Å². The van der Waals surface area contributed by atoms with Gasteiger partial charge in [0, 0.05) is 57.0 Å². The maximum Gasteiger partial charge on any atom is 0.416 e. The average molecular weight is 587 g/mol. The Bertz CT molecular complexity index is 1340. The van der Waals surface area contributed by atoms with Crippen molar-refractivity contribution >= 4 is 17.8 Å². The molecule has 3 aliphatic heterocycles. The summed E-state index contributed by atoms with van der Waals surface area (Å²) in [4.78, 5) is 43.6. The van der Waals surface area contributed by atoms with Crippen molar-refractivity contribution in [3.8, 4) is 0 Å². The van der Waals surface area contributed by atoms with Gasteiger partial charge in [-0.15, -0.1) is 0 Å². The molecule has 9 nitrogen and oxygen atoms in total. The van der Waals surface area contributed by atoms with Gasteiger partial charge in [-0.1, -0.05) is 18.2 Å². The van der Waals surface area contributed by atoms with Gasteiger partial charge in [0.15, 0.2) is 0 Å². The fourth-order valence-corrected chi connectivity index (χ4v) is 6.93. The summed E-state index contributed by atoms with van der Waals surface area (Å²) in [5, 5.41) is 4.66. The predicted octanol–water partition coefficient (Wildman–Crippen LogP) is 4.36. The zero-order valence-corrected chi connectivity index (χ0v) is 23.6. The molecular weight excluding hydrogens is 549 g/mol. The SMILES string of the molecule is NC(=O)C1CCN(C(=O)N2CCC(n3ncc(C(=O)N4CC[C@@H](c5ccccc5C(F)(F)F)C4)c3C3CC3)CC2)CC1. The highest BCUT2D eigenvalue weighted by Gasteiger charge is 2.40. The van der Waals surface area contributed by atoms with Gasteiger partial charge in [0.25, 0.3) is 5.91 Å². The van der Waals surface area contributed by atoms with Crippen LogP contribution in [0.4, 0.5) is 18.0 Å². The van der Waals surface area contributed by atoms with Crippen molar-refractivity contribution in [2.45, 2.75) is 69.0 Å². The minimum Gasteiger partial charge on any atom is -0.369 e. The first kappa shape index (κ1) is 28.5. The number of nitrogens with two attached hydrogens (primary N) is 1. The van der Waals surface area contributed by atoms with Crippen molar-refractivity contribution in [3.63, 3.8) is 0 Å². The normalized spacial score (nSPS) is 22.5. The van der Waals surface area contributed by atoms with Crippen LogP contribution in [0, 0.1) is 5.92 Å². The molecule has 0 unspecified atom stereocenters. The molecule has 0 spiro atoms. The summed E-state index contributed by atoms with van der Waals surface area (Å²) in [6, 6.07) is 5.71. The molecule has 3 saturated heterocycles. The smallest absolute Gasteiger partial charge is 0.369 e. The molecule has 1 aromatic carbocycles. The third kappa shape index (κ3) is 5.59. The van der Waals surface area contributed by atoms with Gasteiger partial charge in [-0.05, 0) is 56.6 Å². The van der Waals surface area contributed by atoms with Crippen molar-refractivity contribution in [1.29, 1.82) is 0 Å². The standard InChI is InChI=1S/C30H37F3N6O3/c31-30(32,33)25-4-2-1-3-23(25)21-9-14-38(18-21)28(41)24-17-35-39(26(24)19-5-6-19)22-10-15-37(16-11-22)29(42)36-12-7-20(8-13-36)27(34)40/h1-4,17,19-22H,5-16,18H2,(H2,34,40)/t21-/m1/s1. The van der Waals surface area contributed by atoms with Gasteiger partial charge >= 0.3 is 12.2 Å². The number of rotatable bonds is 5. The lowest BCUT2D eigenvalue weighted by atomic mass is 9.93. The molecule has 2 aromatic rings. The van der Waals surface area contributed by atoms with Crippen LogP contribution in [0.25, 0.3) is 0 Å². The molecule has 12 heteroatoms. The molecule has 1 aromatic heterocycles. The Labute approximate surface area is 242 Å². The van der Waals surface area contributed by atoms with Crippen LogP contribution < -0.4 is 5.73 Å². The Morgan fingerprint density at radius 3 is 2.05 bits per heavy atom. The van der Waals surface area contributed by atoms with Crippen LogP contribution >= 0.6 is 0 Å². The second-order valence-corrected chi connectivity index (χ2v) is 12.1. The first-order valence-corrected chi connectivity index (χ1v) is 15.0. The Morgan fingerprint density at radius 2 is 1.43 bits per heavy atom. The monoisotopic (exact) mass is 586 g/mol. The molecule has 0 bridgehead atoms. The number of hydrogen-bond donors (Lipinski definition) is 1. The number of halogens is 3. The van der Waals surface area contributed by atoms with Gasteiger partial charge in [-0.2, -0.15) is 18.3 Å². The number of aromatic nitrogens is 2. The number of primary amides is 1. The number of amides is 4. The van der Waals surface area contributed by atoms with Gasteiger partial charge in [0.05, 0.1) is 29.1 Å². The molecule has 0 radical (unpaired) electrons. The number of piperidine rings is 2. The number of nitrogens with zero attached hydrogens (tertiary/aromatic N) is 5. The zero-order valence-electron chi connectivity index (χ0n) is 23.6. The topological polar surface area (TPSA) is 105 Å². The zero-order chi connectivity index (χ0) is 29.6. The molecule has 6 rings (SSSR count). The van der Waals surface area contributed by atoms with Gasteiger partial charge in [0.2, 0.25) is 5.91 Å². The lowest BCUT2D eigenvalue weighted by Gasteiger charge is -2.38. The maximum absolute atomic E-state index is 13.7. The van der Waals surface area contributed by atoms with E-state index in [-0.39, 0.29) is 53.7 Å². The van der Waals surface area contributed by atoms with Gasteiger partial charge in [-0.25, -0.2) is 4.79 Å². The van der Waals surface area contributed by atoms with E-state index in [2.05, 4.69) is 5.10 Å². The van der Waals surface area contributed by atoms with E-state index in [0.29, 0.717) is 57.5 Å². The van der Waals surface area contributed by atoms with Crippen LogP contribution in [0.1, 0.15) is 90.0 Å². The summed E-state index contributed by atoms with van der Waals surface area (Å²) < 4.78 is 42.9. The minimum absolute atomic E-state index is 0.00852. The van der Waals surface area contributed by atoms with Gasteiger partial charge in [-0.3, -0.25) is 14.3 Å². The third-order valence-electron chi connectivity index (χ3n) is 9.46. The van der Waals surface area contributed by atoms with Crippen LogP contribution in [0.5, 0.6) is 0 Å². The van der Waals surface area contributed by atoms with Crippen LogP contribution in [0.3, 0.4) is 0 Å². The number of urea groups is 1. The van der Waals surface area contributed by atoms with E-state index < -0.39 is 11.7 Å². The quantitative estimate of drug-likeness (QED) is 0.562. The van der Waals surface area contributed by atoms with Crippen LogP contribution in [0.15, 0.2) is 30.5 Å². The molecule has 4 heterocycles. The summed E-state index contributed by atoms with van der Waals surface area (Å²) in [7, 11) is 0. The number of likely N-dealkylation sites (tertiary alicyclic amines) is 3. The van der Waals surface area contributed by atoms with Crippen molar-refractivity contribution in [2.75, 3.05) is 39.3 Å². The van der Waals surface area contributed by atoms with Crippen molar-refractivity contribution in [2.24, 2.45) is 11.7 Å². The molecular formula is C30H37F3N6O3. The second-order valence-electron chi connectivity index (χ2n) is 12.1. The van der Waals surface area contributed by atoms with E-state index >= 15 is 0 Å². The van der Waals surface area contributed by atoms with Crippen LogP contribution in [-0.4, -0.2) is 81.6 Å². The number of carbonyl (C=O) groups excluding carboxylic acids is 3. The molecule has 1 saturated carbocycles. The largest absolute Gasteiger partial charge is 0.416 e. The summed E-state index contributed by atoms with van der Waals surface area (Å²) in [6.45, 7) is 2.88. The Hall–Kier alpha value is -3.57. The first-order valence-electron chi connectivity index (χ1n) is 15.0. The fourth-order valence-electron chi connectivity index (χ4n) is 6.93. The van der Waals surface area contributed by atoms with Crippen LogP contribution in [-0.2, 0) is 11.0 Å². The highest BCUT2D eigenvalue weighted by atomic mass is 19.4. The van der Waals surface area contributed by atoms with E-state index in [1.165, 1.54) is 12.1 Å². The summed E-state index contributed by atoms with van der Waals surface area (Å²) >= 11 is 0. The van der Waals surface area contributed by atoms with Crippen molar-refractivity contribution < 1.29 is 27.6 Å². The van der Waals surface area contributed by atoms with E-state index in [1.54, 1.807) is 22.1 Å². The van der Waals surface area contributed by atoms with Crippen molar-refractivity contribution in [3.05, 3.63) is 52.8 Å². The minimum atomic E-state index is -4.43. The second kappa shape index (κ2) is 11.3. The molecule has 4 amide bonds. The molecule has 226 valence electrons. The molecule has 1 atom stereocenters. The molecule has 4 aliphatic rings. The van der Waals surface area contributed by atoms with E-state index in [4.69, 9.17) is 5.73 Å². The molecule has 1 aliphatic carbocycles. The average Bonchev–Trinajstić information content (AvgIpc) is 3.53. The Balaban J connectivity index is 1.11. The summed E-state index contributed by atoms with van der Waals surface area (Å²) in [5.41, 5.74) is 6.52. The van der Waals surface area contributed by atoms with Gasteiger partial charge in [0.1, 0.15) is 0 Å². The van der Waals surface area contributed by atoms with Gasteiger partial charge < -0.3 is 20.4 Å². The fraction of sp³-hybridized carbons (Fsp3) is 0.600. The number of carbonyl (C=O) groups is 3. The summed E-state index contributed by atoms with van der Waals surface area (Å²) in [5.74, 6) is -0.749. The van der Waals surface area contributed by atoms with Crippen LogP contribution in [0.2, 0.25) is 0 Å². The lowest BCUT2D eigenvalue weighted by Crippen LogP contribution is -2.50. The lowest BCUT2D eigenvalue weighted by molar-refractivity contribution is -0.138. The first-order chi connectivity index (χ1) is 20.1. The Kier molecular flexibility index (Phi) is 7.65. The molecule has 4 fully saturated rings. The Morgan fingerprint density at radius 1 is 0.810 bits per heavy atom. The number of alkyl halides is 3. The predicted molar refractivity (Wildman–Crippen MR) is 148 cm³/mol. The highest BCUT2D eigenvalue weighted by molar-refractivity contribution is 5.95. The van der Waals surface area contributed by atoms with E-state index in [0.717, 1.165) is 37.4 Å². The van der Waals surface area contributed by atoms with E-state index in [9.17, 15) is 27.6 Å². The molecule has 2 N–H and O–H groups in total. The van der Waals surface area contributed by atoms with Crippen molar-refractivity contribution in [1.82, 2.24) is 24.5 Å².